The minimum atomic E-state index is 0.706. The molecule has 0 aliphatic heterocycles. The summed E-state index contributed by atoms with van der Waals surface area (Å²) < 4.78 is 2.20. The molecule has 0 saturated carbocycles. The van der Waals surface area contributed by atoms with Crippen LogP contribution in [-0.4, -0.2) is 32.6 Å². The third-order valence-electron chi connectivity index (χ3n) is 4.25. The largest absolute Gasteiger partial charge is 0.336 e. The van der Waals surface area contributed by atoms with Gasteiger partial charge in [-0.2, -0.15) is 23.5 Å². The molecule has 0 bridgehead atoms. The molecule has 1 rings (SSSR count). The molecular formula is C19H36N2S2. The number of imidazole rings is 1. The third-order valence-corrected chi connectivity index (χ3v) is 6.66. The Bertz CT molecular complexity index is 341. The standard InChI is InChI=1S/C19H36N2S2/c1-3-4-5-6-7-8-9-10-11-12-15-23-17-19(22-2)16-21-14-13-20-18-21/h13-14,18-19H,3-12,15-17H2,1-2H3. The van der Waals surface area contributed by atoms with Gasteiger partial charge < -0.3 is 4.57 Å². The summed E-state index contributed by atoms with van der Waals surface area (Å²) in [6.07, 6.45) is 22.4. The molecule has 0 saturated heterocycles. The lowest BCUT2D eigenvalue weighted by atomic mass is 10.1. The smallest absolute Gasteiger partial charge is 0.0946 e. The lowest BCUT2D eigenvalue weighted by Crippen LogP contribution is -2.14. The number of unbranched alkanes of at least 4 members (excludes halogenated alkanes) is 9. The van der Waals surface area contributed by atoms with Crippen molar-refractivity contribution in [2.45, 2.75) is 82.9 Å². The van der Waals surface area contributed by atoms with Crippen LogP contribution < -0.4 is 0 Å². The van der Waals surface area contributed by atoms with Crippen LogP contribution >= 0.6 is 23.5 Å². The Hall–Kier alpha value is -0.0900. The van der Waals surface area contributed by atoms with Crippen LogP contribution in [0.4, 0.5) is 0 Å². The molecule has 0 fully saturated rings. The Morgan fingerprint density at radius 3 is 2.17 bits per heavy atom. The van der Waals surface area contributed by atoms with Crippen molar-refractivity contribution in [3.05, 3.63) is 18.7 Å². The zero-order valence-corrected chi connectivity index (χ0v) is 16.8. The molecule has 0 radical (unpaired) electrons. The fourth-order valence-corrected chi connectivity index (χ4v) is 4.83. The van der Waals surface area contributed by atoms with E-state index < -0.39 is 0 Å². The molecule has 4 heteroatoms. The molecule has 0 N–H and O–H groups in total. The molecule has 0 spiro atoms. The summed E-state index contributed by atoms with van der Waals surface area (Å²) >= 11 is 4.11. The maximum atomic E-state index is 4.12. The molecule has 23 heavy (non-hydrogen) atoms. The van der Waals surface area contributed by atoms with Gasteiger partial charge in [-0.3, -0.25) is 0 Å². The average molecular weight is 357 g/mol. The van der Waals surface area contributed by atoms with Crippen molar-refractivity contribution in [1.29, 1.82) is 0 Å². The quantitative estimate of drug-likeness (QED) is 0.325. The topological polar surface area (TPSA) is 17.8 Å². The van der Waals surface area contributed by atoms with E-state index in [1.54, 1.807) is 0 Å². The lowest BCUT2D eigenvalue weighted by Gasteiger charge is -2.14. The molecule has 2 nitrogen and oxygen atoms in total. The number of hydrogen-bond donors (Lipinski definition) is 0. The van der Waals surface area contributed by atoms with Gasteiger partial charge in [0.1, 0.15) is 0 Å². The maximum absolute atomic E-state index is 4.12. The van der Waals surface area contributed by atoms with Crippen molar-refractivity contribution in [3.8, 4) is 0 Å². The Labute approximate surface area is 152 Å². The zero-order chi connectivity index (χ0) is 16.6. The van der Waals surface area contributed by atoms with Crippen LogP contribution in [0.3, 0.4) is 0 Å². The minimum Gasteiger partial charge on any atom is -0.336 e. The van der Waals surface area contributed by atoms with E-state index in [0.717, 1.165) is 6.54 Å². The van der Waals surface area contributed by atoms with Gasteiger partial charge in [0.2, 0.25) is 0 Å². The third kappa shape index (κ3) is 12.0. The summed E-state index contributed by atoms with van der Waals surface area (Å²) in [6, 6.07) is 0. The van der Waals surface area contributed by atoms with Gasteiger partial charge in [0.25, 0.3) is 0 Å². The van der Waals surface area contributed by atoms with E-state index in [1.807, 2.05) is 24.3 Å². The van der Waals surface area contributed by atoms with E-state index in [4.69, 9.17) is 0 Å². The van der Waals surface area contributed by atoms with Gasteiger partial charge in [-0.15, -0.1) is 0 Å². The molecule has 0 aromatic carbocycles. The lowest BCUT2D eigenvalue weighted by molar-refractivity contribution is 0.563. The molecule has 0 aliphatic rings. The molecule has 0 amide bonds. The van der Waals surface area contributed by atoms with Gasteiger partial charge in [0, 0.05) is 29.9 Å². The SMILES string of the molecule is CCCCCCCCCCCCSCC(Cn1ccnc1)SC. The van der Waals surface area contributed by atoms with Gasteiger partial charge in [-0.25, -0.2) is 4.98 Å². The van der Waals surface area contributed by atoms with Crippen LogP contribution in [0.1, 0.15) is 71.1 Å². The highest BCUT2D eigenvalue weighted by Gasteiger charge is 2.07. The molecule has 1 heterocycles. The normalized spacial score (nSPS) is 12.6. The zero-order valence-electron chi connectivity index (χ0n) is 15.2. The summed E-state index contributed by atoms with van der Waals surface area (Å²) in [7, 11) is 0. The fraction of sp³-hybridized carbons (Fsp3) is 0.842. The first-order valence-electron chi connectivity index (χ1n) is 9.43. The summed E-state index contributed by atoms with van der Waals surface area (Å²) in [6.45, 7) is 3.38. The van der Waals surface area contributed by atoms with E-state index in [1.165, 1.54) is 75.7 Å². The number of rotatable bonds is 16. The summed E-state index contributed by atoms with van der Waals surface area (Å²) in [5, 5.41) is 0.706. The number of thioether (sulfide) groups is 2. The number of hydrogen-bond acceptors (Lipinski definition) is 3. The van der Waals surface area contributed by atoms with Gasteiger partial charge in [0.15, 0.2) is 0 Å². The van der Waals surface area contributed by atoms with E-state index >= 15 is 0 Å². The first-order chi connectivity index (χ1) is 11.4. The van der Waals surface area contributed by atoms with Crippen LogP contribution in [0.15, 0.2) is 18.7 Å². The van der Waals surface area contributed by atoms with Gasteiger partial charge in [-0.05, 0) is 18.4 Å². The second-order valence-electron chi connectivity index (χ2n) is 6.37. The Balaban J connectivity index is 1.85. The van der Waals surface area contributed by atoms with Crippen molar-refractivity contribution < 1.29 is 0 Å². The maximum Gasteiger partial charge on any atom is 0.0946 e. The Morgan fingerprint density at radius 1 is 0.957 bits per heavy atom. The minimum absolute atomic E-state index is 0.706. The van der Waals surface area contributed by atoms with Crippen LogP contribution in [0.5, 0.6) is 0 Å². The van der Waals surface area contributed by atoms with Gasteiger partial charge in [0.05, 0.1) is 6.33 Å². The van der Waals surface area contributed by atoms with Crippen LogP contribution in [0.2, 0.25) is 0 Å². The number of aromatic nitrogens is 2. The predicted octanol–water partition coefficient (Wildman–Crippen LogP) is 6.27. The first kappa shape index (κ1) is 21.0. The van der Waals surface area contributed by atoms with Crippen molar-refractivity contribution >= 4 is 23.5 Å². The highest BCUT2D eigenvalue weighted by Crippen LogP contribution is 2.18. The predicted molar refractivity (Wildman–Crippen MR) is 109 cm³/mol. The molecule has 1 atom stereocenters. The van der Waals surface area contributed by atoms with E-state index in [0.29, 0.717) is 5.25 Å². The summed E-state index contributed by atoms with van der Waals surface area (Å²) in [5.74, 6) is 2.59. The Kier molecular flexibility index (Phi) is 14.1. The van der Waals surface area contributed by atoms with Crippen molar-refractivity contribution in [1.82, 2.24) is 9.55 Å². The number of nitrogens with zero attached hydrogens (tertiary/aromatic N) is 2. The second-order valence-corrected chi connectivity index (χ2v) is 8.66. The van der Waals surface area contributed by atoms with Gasteiger partial charge in [-0.1, -0.05) is 64.7 Å². The highest BCUT2D eigenvalue weighted by molar-refractivity contribution is 8.03. The first-order valence-corrected chi connectivity index (χ1v) is 11.9. The van der Waals surface area contributed by atoms with E-state index in [2.05, 4.69) is 40.7 Å². The molecule has 1 unspecified atom stereocenters. The molecule has 0 aliphatic carbocycles. The molecular weight excluding hydrogens is 320 g/mol. The fourth-order valence-electron chi connectivity index (χ4n) is 2.73. The highest BCUT2D eigenvalue weighted by atomic mass is 32.2. The van der Waals surface area contributed by atoms with Crippen LogP contribution in [-0.2, 0) is 6.54 Å². The van der Waals surface area contributed by atoms with Gasteiger partial charge >= 0.3 is 0 Å². The Morgan fingerprint density at radius 2 is 1.61 bits per heavy atom. The summed E-state index contributed by atoms with van der Waals surface area (Å²) in [5.41, 5.74) is 0. The monoisotopic (exact) mass is 356 g/mol. The van der Waals surface area contributed by atoms with Crippen molar-refractivity contribution in [2.75, 3.05) is 17.8 Å². The molecule has 134 valence electrons. The summed E-state index contributed by atoms with van der Waals surface area (Å²) in [4.78, 5) is 4.12. The average Bonchev–Trinajstić information content (AvgIpc) is 3.07. The molecule has 1 aromatic rings. The second kappa shape index (κ2) is 15.4. The van der Waals surface area contributed by atoms with Crippen LogP contribution in [0.25, 0.3) is 0 Å². The van der Waals surface area contributed by atoms with E-state index in [-0.39, 0.29) is 0 Å². The van der Waals surface area contributed by atoms with Crippen LogP contribution in [0, 0.1) is 0 Å². The molecule has 1 aromatic heterocycles. The van der Waals surface area contributed by atoms with Crippen molar-refractivity contribution in [3.63, 3.8) is 0 Å². The van der Waals surface area contributed by atoms with E-state index in [9.17, 15) is 0 Å². The van der Waals surface area contributed by atoms with Crippen molar-refractivity contribution in [2.24, 2.45) is 0 Å².